The molecule has 7 heteroatoms. The number of nitrogens with zero attached hydrogens (tertiary/aromatic N) is 2. The molecular weight excluding hydrogens is 310 g/mol. The molecule has 0 spiro atoms. The highest BCUT2D eigenvalue weighted by Gasteiger charge is 2.27. The molecule has 2 rings (SSSR count). The summed E-state index contributed by atoms with van der Waals surface area (Å²) in [4.78, 5) is 24.0. The van der Waals surface area contributed by atoms with E-state index >= 15 is 0 Å². The predicted octanol–water partition coefficient (Wildman–Crippen LogP) is 2.41. The third kappa shape index (κ3) is 5.19. The molecule has 1 aliphatic rings. The Morgan fingerprint density at radius 2 is 2.08 bits per heavy atom. The van der Waals surface area contributed by atoms with Crippen LogP contribution in [-0.4, -0.2) is 47.1 Å². The molecule has 0 aromatic heterocycles. The van der Waals surface area contributed by atoms with Crippen molar-refractivity contribution < 1.29 is 14.8 Å². The monoisotopic (exact) mass is 335 g/mol. The smallest absolute Gasteiger partial charge is 0.269 e. The van der Waals surface area contributed by atoms with Gasteiger partial charge in [-0.1, -0.05) is 6.42 Å². The van der Waals surface area contributed by atoms with E-state index in [2.05, 4.69) is 5.32 Å². The van der Waals surface area contributed by atoms with Gasteiger partial charge >= 0.3 is 0 Å². The number of non-ortho nitro benzene ring substituents is 1. The Hall–Kier alpha value is -2.15. The Bertz CT molecular complexity index is 561. The number of aliphatic hydroxyl groups excluding tert-OH is 1. The van der Waals surface area contributed by atoms with Gasteiger partial charge < -0.3 is 15.3 Å². The van der Waals surface area contributed by atoms with Crippen molar-refractivity contribution in [1.29, 1.82) is 0 Å². The number of rotatable bonds is 8. The van der Waals surface area contributed by atoms with Gasteiger partial charge in [-0.2, -0.15) is 0 Å². The second-order valence-electron chi connectivity index (χ2n) is 6.37. The second kappa shape index (κ2) is 8.63. The zero-order chi connectivity index (χ0) is 17.5. The Balaban J connectivity index is 1.65. The summed E-state index contributed by atoms with van der Waals surface area (Å²) >= 11 is 0. The quantitative estimate of drug-likeness (QED) is 0.432. The fourth-order valence-electron chi connectivity index (χ4n) is 3.05. The molecule has 0 bridgehead atoms. The van der Waals surface area contributed by atoms with E-state index < -0.39 is 4.92 Å². The van der Waals surface area contributed by atoms with Gasteiger partial charge in [0.25, 0.3) is 5.69 Å². The minimum Gasteiger partial charge on any atom is -0.393 e. The van der Waals surface area contributed by atoms with E-state index in [0.29, 0.717) is 25.9 Å². The van der Waals surface area contributed by atoms with Crippen molar-refractivity contribution in [2.45, 2.75) is 38.2 Å². The average molecular weight is 335 g/mol. The lowest BCUT2D eigenvalue weighted by molar-refractivity contribution is -0.384. The van der Waals surface area contributed by atoms with Crippen LogP contribution in [0.5, 0.6) is 0 Å². The number of carbonyl (C=O) groups is 1. The fourth-order valence-corrected chi connectivity index (χ4v) is 3.05. The van der Waals surface area contributed by atoms with Crippen molar-refractivity contribution in [3.8, 4) is 0 Å². The topological polar surface area (TPSA) is 95.7 Å². The minimum absolute atomic E-state index is 0.0615. The van der Waals surface area contributed by atoms with Crippen LogP contribution in [0, 0.1) is 16.0 Å². The van der Waals surface area contributed by atoms with Gasteiger partial charge in [-0.15, -0.1) is 0 Å². The number of benzene rings is 1. The molecule has 0 aliphatic heterocycles. The molecule has 1 saturated carbocycles. The number of carbonyl (C=O) groups excluding carboxylic acids is 1. The van der Waals surface area contributed by atoms with Gasteiger partial charge in [0, 0.05) is 50.3 Å². The molecule has 1 aromatic carbocycles. The molecule has 0 heterocycles. The van der Waals surface area contributed by atoms with Crippen LogP contribution in [0.2, 0.25) is 0 Å². The van der Waals surface area contributed by atoms with E-state index in [1.54, 1.807) is 24.1 Å². The lowest BCUT2D eigenvalue weighted by atomic mass is 10.1. The molecular formula is C17H25N3O4. The number of nitrogens with one attached hydrogen (secondary N) is 1. The number of hydrogen-bond acceptors (Lipinski definition) is 5. The molecule has 7 nitrogen and oxygen atoms in total. The van der Waals surface area contributed by atoms with Crippen molar-refractivity contribution in [2.75, 3.05) is 25.5 Å². The largest absolute Gasteiger partial charge is 0.393 e. The summed E-state index contributed by atoms with van der Waals surface area (Å²) in [7, 11) is 1.79. The molecule has 0 saturated heterocycles. The van der Waals surface area contributed by atoms with Crippen molar-refractivity contribution in [2.24, 2.45) is 5.92 Å². The van der Waals surface area contributed by atoms with Crippen LogP contribution < -0.4 is 5.32 Å². The molecule has 2 N–H and O–H groups in total. The van der Waals surface area contributed by atoms with Crippen molar-refractivity contribution in [3.63, 3.8) is 0 Å². The molecule has 1 aliphatic carbocycles. The number of hydrogen-bond donors (Lipinski definition) is 2. The van der Waals surface area contributed by atoms with Crippen LogP contribution in [0.25, 0.3) is 0 Å². The highest BCUT2D eigenvalue weighted by atomic mass is 16.6. The van der Waals surface area contributed by atoms with E-state index in [-0.39, 0.29) is 23.6 Å². The maximum atomic E-state index is 12.1. The number of amides is 1. The zero-order valence-electron chi connectivity index (χ0n) is 14.0. The SMILES string of the molecule is CN(CC1CCCC1O)C(=O)CCCNc1ccc([N+](=O)[O-])cc1. The van der Waals surface area contributed by atoms with Gasteiger partial charge in [-0.05, 0) is 31.4 Å². The number of aliphatic hydroxyl groups is 1. The molecule has 132 valence electrons. The first kappa shape index (κ1) is 18.2. The summed E-state index contributed by atoms with van der Waals surface area (Å²) in [5, 5.41) is 23.6. The van der Waals surface area contributed by atoms with Crippen molar-refractivity contribution in [3.05, 3.63) is 34.4 Å². The maximum Gasteiger partial charge on any atom is 0.269 e. The molecule has 0 radical (unpaired) electrons. The lowest BCUT2D eigenvalue weighted by Crippen LogP contribution is -2.34. The van der Waals surface area contributed by atoms with Gasteiger partial charge in [0.15, 0.2) is 0 Å². The van der Waals surface area contributed by atoms with E-state index in [1.807, 2.05) is 0 Å². The van der Waals surface area contributed by atoms with Crippen LogP contribution in [0.3, 0.4) is 0 Å². The first-order chi connectivity index (χ1) is 11.5. The zero-order valence-corrected chi connectivity index (χ0v) is 14.0. The second-order valence-corrected chi connectivity index (χ2v) is 6.37. The van der Waals surface area contributed by atoms with Gasteiger partial charge in [0.05, 0.1) is 11.0 Å². The number of nitro groups is 1. The molecule has 24 heavy (non-hydrogen) atoms. The summed E-state index contributed by atoms with van der Waals surface area (Å²) in [5.41, 5.74) is 0.863. The highest BCUT2D eigenvalue weighted by Crippen LogP contribution is 2.26. The number of anilines is 1. The van der Waals surface area contributed by atoms with Crippen LogP contribution in [-0.2, 0) is 4.79 Å². The summed E-state index contributed by atoms with van der Waals surface area (Å²) in [6.45, 7) is 1.25. The van der Waals surface area contributed by atoms with Crippen LogP contribution >= 0.6 is 0 Å². The summed E-state index contributed by atoms with van der Waals surface area (Å²) in [6, 6.07) is 6.23. The van der Waals surface area contributed by atoms with Crippen LogP contribution in [0.1, 0.15) is 32.1 Å². The van der Waals surface area contributed by atoms with Crippen LogP contribution in [0.4, 0.5) is 11.4 Å². The van der Waals surface area contributed by atoms with E-state index in [4.69, 9.17) is 0 Å². The van der Waals surface area contributed by atoms with E-state index in [9.17, 15) is 20.0 Å². The summed E-state index contributed by atoms with van der Waals surface area (Å²) in [5.74, 6) is 0.289. The van der Waals surface area contributed by atoms with Gasteiger partial charge in [0.2, 0.25) is 5.91 Å². The third-order valence-electron chi connectivity index (χ3n) is 4.53. The third-order valence-corrected chi connectivity index (χ3v) is 4.53. The highest BCUT2D eigenvalue weighted by molar-refractivity contribution is 5.75. The Labute approximate surface area is 141 Å². The van der Waals surface area contributed by atoms with Gasteiger partial charge in [-0.25, -0.2) is 0 Å². The lowest BCUT2D eigenvalue weighted by Gasteiger charge is -2.23. The minimum atomic E-state index is -0.431. The number of nitro benzene ring substituents is 1. The van der Waals surface area contributed by atoms with Crippen molar-refractivity contribution in [1.82, 2.24) is 4.90 Å². The maximum absolute atomic E-state index is 12.1. The fraction of sp³-hybridized carbons (Fsp3) is 0.588. The Kier molecular flexibility index (Phi) is 6.54. The normalized spacial score (nSPS) is 19.9. The van der Waals surface area contributed by atoms with Gasteiger partial charge in [0.1, 0.15) is 0 Å². The predicted molar refractivity (Wildman–Crippen MR) is 91.8 cm³/mol. The molecule has 1 aromatic rings. The summed E-state index contributed by atoms with van der Waals surface area (Å²) in [6.07, 6.45) is 3.72. The van der Waals surface area contributed by atoms with Crippen molar-refractivity contribution >= 4 is 17.3 Å². The van der Waals surface area contributed by atoms with E-state index in [0.717, 1.165) is 24.9 Å². The molecule has 2 atom stereocenters. The summed E-state index contributed by atoms with van der Waals surface area (Å²) < 4.78 is 0. The molecule has 1 fully saturated rings. The van der Waals surface area contributed by atoms with Crippen LogP contribution in [0.15, 0.2) is 24.3 Å². The molecule has 2 unspecified atom stereocenters. The van der Waals surface area contributed by atoms with E-state index in [1.165, 1.54) is 12.1 Å². The van der Waals surface area contributed by atoms with Gasteiger partial charge in [-0.3, -0.25) is 14.9 Å². The first-order valence-corrected chi connectivity index (χ1v) is 8.37. The Morgan fingerprint density at radius 1 is 1.38 bits per heavy atom. The standard InChI is InChI=1S/C17H25N3O4/c1-19(12-13-4-2-5-16(13)21)17(22)6-3-11-18-14-7-9-15(10-8-14)20(23)24/h7-10,13,16,18,21H,2-6,11-12H2,1H3. The first-order valence-electron chi connectivity index (χ1n) is 8.37. The molecule has 1 amide bonds. The Morgan fingerprint density at radius 3 is 2.67 bits per heavy atom. The average Bonchev–Trinajstić information content (AvgIpc) is 2.96.